The normalized spacial score (nSPS) is 20.1. The van der Waals surface area contributed by atoms with Gasteiger partial charge in [0.25, 0.3) is 0 Å². The molecule has 112 valence electrons. The lowest BCUT2D eigenvalue weighted by molar-refractivity contribution is -0.174. The second-order valence-electron chi connectivity index (χ2n) is 4.75. The van der Waals surface area contributed by atoms with Crippen LogP contribution in [0, 0.1) is 0 Å². The summed E-state index contributed by atoms with van der Waals surface area (Å²) in [5.41, 5.74) is 0.880. The SMILES string of the molecule is O=C1c2ccc3c(c2CCC1NC(=O)C(F)(F)F)OCO3. The first kappa shape index (κ1) is 13.7. The lowest BCUT2D eigenvalue weighted by atomic mass is 9.86. The zero-order valence-electron chi connectivity index (χ0n) is 10.6. The molecule has 0 bridgehead atoms. The van der Waals surface area contributed by atoms with E-state index in [1.807, 2.05) is 0 Å². The first-order valence-electron chi connectivity index (χ1n) is 6.21. The van der Waals surface area contributed by atoms with Gasteiger partial charge >= 0.3 is 12.1 Å². The molecular weight excluding hydrogens is 291 g/mol. The fraction of sp³-hybridized carbons (Fsp3) is 0.385. The van der Waals surface area contributed by atoms with Crippen LogP contribution in [0.3, 0.4) is 0 Å². The van der Waals surface area contributed by atoms with E-state index in [0.717, 1.165) is 0 Å². The van der Waals surface area contributed by atoms with Crippen molar-refractivity contribution in [1.82, 2.24) is 5.32 Å². The van der Waals surface area contributed by atoms with Crippen molar-refractivity contribution in [3.05, 3.63) is 23.3 Å². The van der Waals surface area contributed by atoms with Crippen molar-refractivity contribution >= 4 is 11.7 Å². The van der Waals surface area contributed by atoms with E-state index in [0.29, 0.717) is 23.5 Å². The Hall–Kier alpha value is -2.25. The molecule has 2 aliphatic rings. The molecule has 1 atom stereocenters. The van der Waals surface area contributed by atoms with E-state index in [2.05, 4.69) is 0 Å². The van der Waals surface area contributed by atoms with Crippen molar-refractivity contribution in [1.29, 1.82) is 0 Å². The van der Waals surface area contributed by atoms with Gasteiger partial charge in [-0.3, -0.25) is 9.59 Å². The van der Waals surface area contributed by atoms with Gasteiger partial charge in [-0.05, 0) is 25.0 Å². The van der Waals surface area contributed by atoms with Crippen molar-refractivity contribution in [2.24, 2.45) is 0 Å². The molecule has 8 heteroatoms. The smallest absolute Gasteiger partial charge is 0.454 e. The number of carbonyl (C=O) groups is 2. The van der Waals surface area contributed by atoms with Gasteiger partial charge < -0.3 is 14.8 Å². The molecule has 0 saturated carbocycles. The summed E-state index contributed by atoms with van der Waals surface area (Å²) < 4.78 is 47.2. The Labute approximate surface area is 117 Å². The Morgan fingerprint density at radius 2 is 2.05 bits per heavy atom. The predicted molar refractivity (Wildman–Crippen MR) is 63.2 cm³/mol. The van der Waals surface area contributed by atoms with Crippen LogP contribution >= 0.6 is 0 Å². The number of halogens is 3. The number of carbonyl (C=O) groups excluding carboxylic acids is 2. The van der Waals surface area contributed by atoms with Crippen molar-refractivity contribution in [3.8, 4) is 11.5 Å². The zero-order valence-corrected chi connectivity index (χ0v) is 10.6. The predicted octanol–water partition coefficient (Wildman–Crippen LogP) is 1.59. The van der Waals surface area contributed by atoms with E-state index in [1.165, 1.54) is 12.1 Å². The van der Waals surface area contributed by atoms with Crippen LogP contribution in [-0.4, -0.2) is 30.7 Å². The van der Waals surface area contributed by atoms with Crippen LogP contribution in [0.4, 0.5) is 13.2 Å². The van der Waals surface area contributed by atoms with Gasteiger partial charge in [-0.2, -0.15) is 13.2 Å². The third-order valence-corrected chi connectivity index (χ3v) is 3.47. The molecule has 0 radical (unpaired) electrons. The molecule has 1 aromatic rings. The minimum atomic E-state index is -5.00. The fourth-order valence-corrected chi connectivity index (χ4v) is 2.49. The maximum absolute atomic E-state index is 12.2. The van der Waals surface area contributed by atoms with E-state index in [9.17, 15) is 22.8 Å². The summed E-state index contributed by atoms with van der Waals surface area (Å²) in [6, 6.07) is 1.84. The number of fused-ring (bicyclic) bond motifs is 3. The number of rotatable bonds is 1. The van der Waals surface area contributed by atoms with Crippen LogP contribution in [0.1, 0.15) is 22.3 Å². The number of Topliss-reactive ketones (excluding diaryl/α,β-unsaturated/α-hetero) is 1. The molecular formula is C13H10F3NO4. The van der Waals surface area contributed by atoms with Gasteiger partial charge in [0.2, 0.25) is 6.79 Å². The molecule has 1 N–H and O–H groups in total. The van der Waals surface area contributed by atoms with Crippen LogP contribution in [-0.2, 0) is 11.2 Å². The highest BCUT2D eigenvalue weighted by Gasteiger charge is 2.42. The summed E-state index contributed by atoms with van der Waals surface area (Å²) >= 11 is 0. The first-order valence-corrected chi connectivity index (χ1v) is 6.21. The summed E-state index contributed by atoms with van der Waals surface area (Å²) in [6.45, 7) is 0.0498. The molecule has 1 amide bonds. The zero-order chi connectivity index (χ0) is 15.2. The highest BCUT2D eigenvalue weighted by molar-refractivity contribution is 6.05. The van der Waals surface area contributed by atoms with Gasteiger partial charge in [0.05, 0.1) is 6.04 Å². The average molecular weight is 301 g/mol. The van der Waals surface area contributed by atoms with Gasteiger partial charge in [-0.25, -0.2) is 0 Å². The molecule has 1 aromatic carbocycles. The second kappa shape index (κ2) is 4.64. The van der Waals surface area contributed by atoms with Crippen molar-refractivity contribution in [3.63, 3.8) is 0 Å². The van der Waals surface area contributed by atoms with Crippen LogP contribution in [0.15, 0.2) is 12.1 Å². The van der Waals surface area contributed by atoms with E-state index < -0.39 is 23.9 Å². The average Bonchev–Trinajstić information content (AvgIpc) is 2.89. The molecule has 3 rings (SSSR count). The van der Waals surface area contributed by atoms with E-state index in [4.69, 9.17) is 9.47 Å². The molecule has 5 nitrogen and oxygen atoms in total. The van der Waals surface area contributed by atoms with Gasteiger partial charge in [0, 0.05) is 11.1 Å². The van der Waals surface area contributed by atoms with Crippen LogP contribution < -0.4 is 14.8 Å². The van der Waals surface area contributed by atoms with E-state index >= 15 is 0 Å². The third kappa shape index (κ3) is 2.30. The number of hydrogen-bond acceptors (Lipinski definition) is 4. The lowest BCUT2D eigenvalue weighted by Crippen LogP contribution is -2.48. The summed E-state index contributed by atoms with van der Waals surface area (Å²) in [5.74, 6) is -1.68. The van der Waals surface area contributed by atoms with Gasteiger partial charge in [-0.15, -0.1) is 0 Å². The molecule has 1 unspecified atom stereocenters. The fourth-order valence-electron chi connectivity index (χ4n) is 2.49. The maximum Gasteiger partial charge on any atom is 0.471 e. The van der Waals surface area contributed by atoms with Gasteiger partial charge in [0.15, 0.2) is 17.3 Å². The number of benzene rings is 1. The van der Waals surface area contributed by atoms with Crippen molar-refractivity contribution < 1.29 is 32.2 Å². The molecule has 1 aliphatic carbocycles. The Balaban J connectivity index is 1.85. The highest BCUT2D eigenvalue weighted by atomic mass is 19.4. The summed E-state index contributed by atoms with van der Waals surface area (Å²) in [4.78, 5) is 23.1. The Morgan fingerprint density at radius 3 is 2.76 bits per heavy atom. The number of amides is 1. The maximum atomic E-state index is 12.2. The molecule has 0 aromatic heterocycles. The molecule has 0 spiro atoms. The van der Waals surface area contributed by atoms with Crippen molar-refractivity contribution in [2.75, 3.05) is 6.79 Å². The van der Waals surface area contributed by atoms with Crippen LogP contribution in [0.25, 0.3) is 0 Å². The van der Waals surface area contributed by atoms with Gasteiger partial charge in [0.1, 0.15) is 0 Å². The van der Waals surface area contributed by atoms with Crippen LogP contribution in [0.2, 0.25) is 0 Å². The molecule has 1 heterocycles. The Bertz CT molecular complexity index is 627. The van der Waals surface area contributed by atoms with E-state index in [1.54, 1.807) is 5.32 Å². The summed E-state index contributed by atoms with van der Waals surface area (Å²) in [7, 11) is 0. The van der Waals surface area contributed by atoms with Gasteiger partial charge in [-0.1, -0.05) is 0 Å². The second-order valence-corrected chi connectivity index (χ2v) is 4.75. The Kier molecular flexibility index (Phi) is 3.03. The van der Waals surface area contributed by atoms with Crippen molar-refractivity contribution in [2.45, 2.75) is 25.1 Å². The number of ketones is 1. The molecule has 0 saturated heterocycles. The number of ether oxygens (including phenoxy) is 2. The summed E-state index contributed by atoms with van der Waals surface area (Å²) in [5, 5.41) is 1.73. The molecule has 21 heavy (non-hydrogen) atoms. The minimum Gasteiger partial charge on any atom is -0.454 e. The Morgan fingerprint density at radius 1 is 1.29 bits per heavy atom. The monoisotopic (exact) mass is 301 g/mol. The standard InChI is InChI=1S/C13H10F3NO4/c14-13(15,16)12(19)17-8-3-1-7-6(10(8)18)2-4-9-11(7)21-5-20-9/h2,4,8H,1,3,5H2,(H,17,19). The number of nitrogens with one attached hydrogen (secondary N) is 1. The van der Waals surface area contributed by atoms with E-state index in [-0.39, 0.29) is 18.8 Å². The number of hydrogen-bond donors (Lipinski definition) is 1. The largest absolute Gasteiger partial charge is 0.471 e. The summed E-state index contributed by atoms with van der Waals surface area (Å²) in [6.07, 6.45) is -4.58. The number of alkyl halides is 3. The third-order valence-electron chi connectivity index (χ3n) is 3.47. The highest BCUT2D eigenvalue weighted by Crippen LogP contribution is 2.40. The minimum absolute atomic E-state index is 0.0498. The first-order chi connectivity index (χ1) is 9.88. The molecule has 1 aliphatic heterocycles. The van der Waals surface area contributed by atoms with Crippen LogP contribution in [0.5, 0.6) is 11.5 Å². The topological polar surface area (TPSA) is 64.6 Å². The quantitative estimate of drug-likeness (QED) is 0.855. The lowest BCUT2D eigenvalue weighted by Gasteiger charge is -2.25. The molecule has 0 fully saturated rings.